The molecule has 2 aromatic carbocycles. The lowest BCUT2D eigenvalue weighted by Crippen LogP contribution is -2.18. The second-order valence-corrected chi connectivity index (χ2v) is 5.34. The van der Waals surface area contributed by atoms with E-state index in [1.807, 2.05) is 30.3 Å². The Bertz CT molecular complexity index is 586. The van der Waals surface area contributed by atoms with Crippen LogP contribution in [0.4, 0.5) is 0 Å². The first-order valence-electron chi connectivity index (χ1n) is 6.42. The van der Waals surface area contributed by atoms with Crippen molar-refractivity contribution in [1.29, 1.82) is 0 Å². The van der Waals surface area contributed by atoms with Gasteiger partial charge >= 0.3 is 0 Å². The molecule has 0 saturated carbocycles. The van der Waals surface area contributed by atoms with Gasteiger partial charge in [-0.15, -0.1) is 0 Å². The van der Waals surface area contributed by atoms with Gasteiger partial charge in [0, 0.05) is 18.2 Å². The second-order valence-electron chi connectivity index (χ2n) is 4.56. The molecule has 0 saturated heterocycles. The van der Waals surface area contributed by atoms with E-state index in [0.29, 0.717) is 16.6 Å². The van der Waals surface area contributed by atoms with Crippen LogP contribution in [0.2, 0.25) is 10.0 Å². The number of ether oxygens (including phenoxy) is 1. The zero-order valence-electron chi connectivity index (χ0n) is 11.5. The van der Waals surface area contributed by atoms with Gasteiger partial charge in [0.05, 0.1) is 17.2 Å². The van der Waals surface area contributed by atoms with E-state index in [9.17, 15) is 0 Å². The summed E-state index contributed by atoms with van der Waals surface area (Å²) in [6, 6.07) is 13.8. The normalized spacial score (nSPS) is 12.2. The molecule has 106 valence electrons. The predicted molar refractivity (Wildman–Crippen MR) is 84.7 cm³/mol. The third-order valence-corrected chi connectivity index (χ3v) is 4.09. The van der Waals surface area contributed by atoms with Gasteiger partial charge in [0.25, 0.3) is 0 Å². The minimum Gasteiger partial charge on any atom is -0.496 e. The van der Waals surface area contributed by atoms with Crippen molar-refractivity contribution < 1.29 is 4.74 Å². The first-order chi connectivity index (χ1) is 9.63. The molecule has 0 spiro atoms. The summed E-state index contributed by atoms with van der Waals surface area (Å²) in [6.45, 7) is 2.74. The number of benzene rings is 2. The fraction of sp³-hybridized carbons (Fsp3) is 0.250. The quantitative estimate of drug-likeness (QED) is 0.852. The Kier molecular flexibility index (Phi) is 5.30. The van der Waals surface area contributed by atoms with Crippen LogP contribution in [0.1, 0.15) is 24.1 Å². The molecule has 0 amide bonds. The van der Waals surface area contributed by atoms with Gasteiger partial charge in [-0.05, 0) is 24.6 Å². The summed E-state index contributed by atoms with van der Waals surface area (Å²) in [7, 11) is 1.68. The number of halogens is 2. The highest BCUT2D eigenvalue weighted by atomic mass is 35.5. The summed E-state index contributed by atoms with van der Waals surface area (Å²) in [6.07, 6.45) is 0. The Morgan fingerprint density at radius 2 is 1.85 bits per heavy atom. The molecule has 2 nitrogen and oxygen atoms in total. The highest BCUT2D eigenvalue weighted by Gasteiger charge is 2.11. The standard InChI is InChI=1S/C16H17Cl2NO/c1-11(13-7-3-4-9-15(13)20-2)19-10-12-6-5-8-14(17)16(12)18/h3-9,11,19H,10H2,1-2H3. The van der Waals surface area contributed by atoms with Crippen LogP contribution in [-0.2, 0) is 6.54 Å². The maximum absolute atomic E-state index is 6.18. The van der Waals surface area contributed by atoms with Crippen LogP contribution in [0, 0.1) is 0 Å². The van der Waals surface area contributed by atoms with E-state index in [-0.39, 0.29) is 6.04 Å². The van der Waals surface area contributed by atoms with E-state index in [0.717, 1.165) is 16.9 Å². The van der Waals surface area contributed by atoms with Gasteiger partial charge < -0.3 is 10.1 Å². The average molecular weight is 310 g/mol. The number of para-hydroxylation sites is 1. The molecule has 0 fully saturated rings. The Hall–Kier alpha value is -1.22. The molecule has 0 heterocycles. The molecular formula is C16H17Cl2NO. The average Bonchev–Trinajstić information content (AvgIpc) is 2.48. The van der Waals surface area contributed by atoms with Gasteiger partial charge in [0.15, 0.2) is 0 Å². The maximum atomic E-state index is 6.18. The van der Waals surface area contributed by atoms with E-state index in [4.69, 9.17) is 27.9 Å². The van der Waals surface area contributed by atoms with Crippen molar-refractivity contribution in [3.8, 4) is 5.75 Å². The van der Waals surface area contributed by atoms with E-state index in [1.54, 1.807) is 13.2 Å². The predicted octanol–water partition coefficient (Wildman–Crippen LogP) is 4.85. The lowest BCUT2D eigenvalue weighted by Gasteiger charge is -2.17. The summed E-state index contributed by atoms with van der Waals surface area (Å²) < 4.78 is 5.37. The molecular weight excluding hydrogens is 293 g/mol. The highest BCUT2D eigenvalue weighted by Crippen LogP contribution is 2.27. The largest absolute Gasteiger partial charge is 0.496 e. The van der Waals surface area contributed by atoms with Gasteiger partial charge in [-0.3, -0.25) is 0 Å². The molecule has 0 aromatic heterocycles. The lowest BCUT2D eigenvalue weighted by molar-refractivity contribution is 0.401. The van der Waals surface area contributed by atoms with Gasteiger partial charge in [0.1, 0.15) is 5.75 Å². The minimum absolute atomic E-state index is 0.154. The zero-order chi connectivity index (χ0) is 14.5. The maximum Gasteiger partial charge on any atom is 0.123 e. The summed E-state index contributed by atoms with van der Waals surface area (Å²) in [5.74, 6) is 0.879. The van der Waals surface area contributed by atoms with Crippen molar-refractivity contribution in [2.45, 2.75) is 19.5 Å². The molecule has 20 heavy (non-hydrogen) atoms. The van der Waals surface area contributed by atoms with Crippen molar-refractivity contribution in [3.05, 3.63) is 63.6 Å². The molecule has 4 heteroatoms. The zero-order valence-corrected chi connectivity index (χ0v) is 13.0. The molecule has 2 rings (SSSR count). The Labute approximate surface area is 129 Å². The summed E-state index contributed by atoms with van der Waals surface area (Å²) in [5.41, 5.74) is 2.11. The molecule has 1 unspecified atom stereocenters. The molecule has 1 atom stereocenters. The van der Waals surface area contributed by atoms with Crippen molar-refractivity contribution in [3.63, 3.8) is 0 Å². The Morgan fingerprint density at radius 3 is 2.60 bits per heavy atom. The summed E-state index contributed by atoms with van der Waals surface area (Å²) in [4.78, 5) is 0. The first kappa shape index (κ1) is 15.2. The number of nitrogens with one attached hydrogen (secondary N) is 1. The number of hydrogen-bond donors (Lipinski definition) is 1. The number of rotatable bonds is 5. The summed E-state index contributed by atoms with van der Waals surface area (Å²) in [5, 5.41) is 4.62. The van der Waals surface area contributed by atoms with Gasteiger partial charge in [-0.1, -0.05) is 53.5 Å². The number of hydrogen-bond acceptors (Lipinski definition) is 2. The Balaban J connectivity index is 2.09. The molecule has 2 aromatic rings. The topological polar surface area (TPSA) is 21.3 Å². The van der Waals surface area contributed by atoms with Crippen LogP contribution >= 0.6 is 23.2 Å². The first-order valence-corrected chi connectivity index (χ1v) is 7.18. The third kappa shape index (κ3) is 3.45. The van der Waals surface area contributed by atoms with Crippen molar-refractivity contribution in [1.82, 2.24) is 5.32 Å². The fourth-order valence-corrected chi connectivity index (χ4v) is 2.47. The SMILES string of the molecule is COc1ccccc1C(C)NCc1cccc(Cl)c1Cl. The minimum atomic E-state index is 0.154. The van der Waals surface area contributed by atoms with Crippen LogP contribution in [0.3, 0.4) is 0 Å². The summed E-state index contributed by atoms with van der Waals surface area (Å²) >= 11 is 12.2. The molecule has 0 aliphatic rings. The van der Waals surface area contributed by atoms with Crippen molar-refractivity contribution in [2.24, 2.45) is 0 Å². The van der Waals surface area contributed by atoms with E-state index in [1.165, 1.54) is 0 Å². The fourth-order valence-electron chi connectivity index (χ4n) is 2.08. The van der Waals surface area contributed by atoms with Crippen LogP contribution in [0.25, 0.3) is 0 Å². The molecule has 0 aliphatic carbocycles. The van der Waals surface area contributed by atoms with Crippen LogP contribution in [0.5, 0.6) is 5.75 Å². The van der Waals surface area contributed by atoms with Crippen molar-refractivity contribution >= 4 is 23.2 Å². The third-order valence-electron chi connectivity index (χ3n) is 3.24. The van der Waals surface area contributed by atoms with E-state index >= 15 is 0 Å². The smallest absolute Gasteiger partial charge is 0.123 e. The highest BCUT2D eigenvalue weighted by molar-refractivity contribution is 6.42. The van der Waals surface area contributed by atoms with Crippen molar-refractivity contribution in [2.75, 3.05) is 7.11 Å². The van der Waals surface area contributed by atoms with Gasteiger partial charge in [0.2, 0.25) is 0 Å². The van der Waals surface area contributed by atoms with Gasteiger partial charge in [-0.25, -0.2) is 0 Å². The molecule has 1 N–H and O–H groups in total. The van der Waals surface area contributed by atoms with Gasteiger partial charge in [-0.2, -0.15) is 0 Å². The van der Waals surface area contributed by atoms with Crippen LogP contribution in [0.15, 0.2) is 42.5 Å². The van der Waals surface area contributed by atoms with E-state index < -0.39 is 0 Å². The van der Waals surface area contributed by atoms with Crippen LogP contribution in [-0.4, -0.2) is 7.11 Å². The molecule has 0 radical (unpaired) electrons. The lowest BCUT2D eigenvalue weighted by atomic mass is 10.1. The van der Waals surface area contributed by atoms with Crippen LogP contribution < -0.4 is 10.1 Å². The van der Waals surface area contributed by atoms with E-state index in [2.05, 4.69) is 18.3 Å². The monoisotopic (exact) mass is 309 g/mol. The molecule has 0 aliphatic heterocycles. The number of methoxy groups -OCH3 is 1. The second kappa shape index (κ2) is 6.98. The molecule has 0 bridgehead atoms. The Morgan fingerprint density at radius 1 is 1.10 bits per heavy atom.